The Morgan fingerprint density at radius 3 is 2.51 bits per heavy atom. The molecule has 2 N–H and O–H groups in total. The van der Waals surface area contributed by atoms with Crippen LogP contribution in [0.25, 0.3) is 0 Å². The summed E-state index contributed by atoms with van der Waals surface area (Å²) >= 11 is 7.04. The van der Waals surface area contributed by atoms with Gasteiger partial charge in [-0.3, -0.25) is 9.59 Å². The Labute approximate surface area is 213 Å². The van der Waals surface area contributed by atoms with Crippen molar-refractivity contribution >= 4 is 40.9 Å². The van der Waals surface area contributed by atoms with E-state index in [-0.39, 0.29) is 17.6 Å². The zero-order valence-corrected chi connectivity index (χ0v) is 21.0. The first-order valence-electron chi connectivity index (χ1n) is 10.8. The van der Waals surface area contributed by atoms with Crippen LogP contribution in [-0.2, 0) is 17.0 Å². The molecule has 0 bridgehead atoms. The molecule has 184 valence electrons. The van der Waals surface area contributed by atoms with Crippen molar-refractivity contribution in [3.8, 4) is 11.5 Å². The van der Waals surface area contributed by atoms with Gasteiger partial charge in [-0.15, -0.1) is 11.8 Å². The quantitative estimate of drug-likeness (QED) is 0.360. The predicted octanol–water partition coefficient (Wildman–Crippen LogP) is 5.34. The second-order valence-electron chi connectivity index (χ2n) is 7.52. The van der Waals surface area contributed by atoms with Crippen molar-refractivity contribution in [1.82, 2.24) is 5.32 Å². The van der Waals surface area contributed by atoms with E-state index in [2.05, 4.69) is 10.6 Å². The van der Waals surface area contributed by atoms with Crippen molar-refractivity contribution in [1.29, 1.82) is 0 Å². The number of methoxy groups -OCH3 is 2. The summed E-state index contributed by atoms with van der Waals surface area (Å²) in [5.41, 5.74) is 2.24. The number of ether oxygens (including phenoxy) is 2. The molecule has 9 heteroatoms. The van der Waals surface area contributed by atoms with Gasteiger partial charge in [-0.1, -0.05) is 35.9 Å². The third-order valence-corrected chi connectivity index (χ3v) is 6.32. The van der Waals surface area contributed by atoms with Crippen LogP contribution >= 0.6 is 23.4 Å². The lowest BCUT2D eigenvalue weighted by Crippen LogP contribution is -2.27. The molecule has 0 aliphatic heterocycles. The highest BCUT2D eigenvalue weighted by Gasteiger charge is 2.14. The molecule has 0 atom stereocenters. The molecule has 35 heavy (non-hydrogen) atoms. The van der Waals surface area contributed by atoms with Crippen LogP contribution in [0.15, 0.2) is 60.7 Å². The zero-order valence-electron chi connectivity index (χ0n) is 19.4. The van der Waals surface area contributed by atoms with Gasteiger partial charge in [0.1, 0.15) is 5.82 Å². The molecule has 0 heterocycles. The average molecular weight is 517 g/mol. The van der Waals surface area contributed by atoms with Gasteiger partial charge >= 0.3 is 0 Å². The van der Waals surface area contributed by atoms with E-state index in [1.54, 1.807) is 50.6 Å². The lowest BCUT2D eigenvalue weighted by Gasteiger charge is -2.12. The zero-order chi connectivity index (χ0) is 25.2. The van der Waals surface area contributed by atoms with E-state index in [0.29, 0.717) is 52.1 Å². The van der Waals surface area contributed by atoms with Gasteiger partial charge in [-0.05, 0) is 53.9 Å². The molecule has 0 saturated heterocycles. The van der Waals surface area contributed by atoms with E-state index in [9.17, 15) is 14.0 Å². The second kappa shape index (κ2) is 13.0. The smallest absolute Gasteiger partial charge is 0.253 e. The number of nitrogens with one attached hydrogen (secondary N) is 2. The van der Waals surface area contributed by atoms with Crippen molar-refractivity contribution in [2.75, 3.05) is 31.8 Å². The molecule has 0 spiro atoms. The number of hydrogen-bond donors (Lipinski definition) is 2. The van der Waals surface area contributed by atoms with E-state index < -0.39 is 5.82 Å². The summed E-state index contributed by atoms with van der Waals surface area (Å²) in [5, 5.41) is 5.98. The van der Waals surface area contributed by atoms with Crippen LogP contribution in [0.1, 0.15) is 21.5 Å². The largest absolute Gasteiger partial charge is 0.493 e. The molecule has 3 rings (SSSR count). The van der Waals surface area contributed by atoms with Gasteiger partial charge in [0.25, 0.3) is 5.91 Å². The number of hydrogen-bond acceptors (Lipinski definition) is 5. The fraction of sp³-hybridized carbons (Fsp3) is 0.231. The van der Waals surface area contributed by atoms with Crippen LogP contribution in [0.5, 0.6) is 11.5 Å². The Kier molecular flexibility index (Phi) is 9.81. The summed E-state index contributed by atoms with van der Waals surface area (Å²) in [6, 6.07) is 16.9. The maximum atomic E-state index is 13.9. The predicted molar refractivity (Wildman–Crippen MR) is 138 cm³/mol. The molecule has 0 radical (unpaired) electrons. The molecular weight excluding hydrogens is 491 g/mol. The fourth-order valence-corrected chi connectivity index (χ4v) is 4.29. The first-order chi connectivity index (χ1) is 16.9. The van der Waals surface area contributed by atoms with Gasteiger partial charge in [0.05, 0.1) is 31.2 Å². The van der Waals surface area contributed by atoms with Crippen molar-refractivity contribution in [3.63, 3.8) is 0 Å². The number of para-hydroxylation sites is 1. The molecule has 0 aliphatic rings. The van der Waals surface area contributed by atoms with Crippen LogP contribution < -0.4 is 20.1 Å². The summed E-state index contributed by atoms with van der Waals surface area (Å²) < 4.78 is 24.4. The average Bonchev–Trinajstić information content (AvgIpc) is 2.85. The number of amides is 2. The summed E-state index contributed by atoms with van der Waals surface area (Å²) in [6.07, 6.45) is 0.596. The van der Waals surface area contributed by atoms with Crippen molar-refractivity contribution in [2.45, 2.75) is 12.2 Å². The minimum absolute atomic E-state index is 0.108. The maximum absolute atomic E-state index is 13.9. The van der Waals surface area contributed by atoms with Crippen LogP contribution in [-0.4, -0.2) is 38.3 Å². The highest BCUT2D eigenvalue weighted by Crippen LogP contribution is 2.27. The number of halogens is 2. The molecule has 3 aromatic carbocycles. The first kappa shape index (κ1) is 26.4. The minimum Gasteiger partial charge on any atom is -0.493 e. The van der Waals surface area contributed by atoms with Crippen LogP contribution in [0, 0.1) is 5.82 Å². The maximum Gasteiger partial charge on any atom is 0.253 e. The lowest BCUT2D eigenvalue weighted by molar-refractivity contribution is -0.113. The van der Waals surface area contributed by atoms with Crippen LogP contribution in [0.3, 0.4) is 0 Å². The lowest BCUT2D eigenvalue weighted by atomic mass is 10.1. The topological polar surface area (TPSA) is 76.7 Å². The van der Waals surface area contributed by atoms with Gasteiger partial charge in [0, 0.05) is 17.3 Å². The molecule has 0 saturated carbocycles. The molecule has 3 aromatic rings. The van der Waals surface area contributed by atoms with E-state index in [1.807, 2.05) is 18.2 Å². The monoisotopic (exact) mass is 516 g/mol. The van der Waals surface area contributed by atoms with E-state index >= 15 is 0 Å². The van der Waals surface area contributed by atoms with E-state index in [4.69, 9.17) is 21.1 Å². The van der Waals surface area contributed by atoms with Gasteiger partial charge in [-0.2, -0.15) is 0 Å². The molecule has 0 aromatic heterocycles. The van der Waals surface area contributed by atoms with E-state index in [1.165, 1.54) is 17.8 Å². The number of thioether (sulfide) groups is 1. The normalized spacial score (nSPS) is 10.5. The number of rotatable bonds is 11. The first-order valence-corrected chi connectivity index (χ1v) is 12.3. The fourth-order valence-electron chi connectivity index (χ4n) is 3.32. The SMILES string of the molecule is COc1ccc(CCNC(=O)c2ccccc2NC(=O)CSCc2ccc(Cl)cc2F)cc1OC. The molecular formula is C26H26ClFN2O4S. The summed E-state index contributed by atoms with van der Waals surface area (Å²) in [7, 11) is 3.15. The Hall–Kier alpha value is -3.23. The summed E-state index contributed by atoms with van der Waals surface area (Å²) in [4.78, 5) is 25.2. The van der Waals surface area contributed by atoms with E-state index in [0.717, 1.165) is 5.56 Å². The minimum atomic E-state index is -0.402. The molecule has 0 unspecified atom stereocenters. The molecule has 6 nitrogen and oxygen atoms in total. The Morgan fingerprint density at radius 1 is 1.00 bits per heavy atom. The molecule has 0 aliphatic carbocycles. The number of anilines is 1. The summed E-state index contributed by atoms with van der Waals surface area (Å²) in [5.74, 6) is 0.724. The third kappa shape index (κ3) is 7.63. The molecule has 2 amide bonds. The Balaban J connectivity index is 1.52. The van der Waals surface area contributed by atoms with Gasteiger partial charge in [-0.25, -0.2) is 4.39 Å². The number of carbonyl (C=O) groups excluding carboxylic acids is 2. The standard InChI is InChI=1S/C26H26ClFN2O4S/c1-33-23-10-7-17(13-24(23)34-2)11-12-29-26(32)20-5-3-4-6-22(20)30-25(31)16-35-15-18-8-9-19(27)14-21(18)28/h3-10,13-14H,11-12,15-16H2,1-2H3,(H,29,32)(H,30,31). The Morgan fingerprint density at radius 2 is 1.77 bits per heavy atom. The van der Waals surface area contributed by atoms with Gasteiger partial charge < -0.3 is 20.1 Å². The summed E-state index contributed by atoms with van der Waals surface area (Å²) in [6.45, 7) is 0.402. The van der Waals surface area contributed by atoms with Crippen LogP contribution in [0.2, 0.25) is 5.02 Å². The van der Waals surface area contributed by atoms with Crippen molar-refractivity contribution < 1.29 is 23.5 Å². The van der Waals surface area contributed by atoms with Crippen molar-refractivity contribution in [3.05, 3.63) is 88.2 Å². The second-order valence-corrected chi connectivity index (χ2v) is 8.94. The van der Waals surface area contributed by atoms with Gasteiger partial charge in [0.2, 0.25) is 5.91 Å². The molecule has 0 fully saturated rings. The van der Waals surface area contributed by atoms with Crippen molar-refractivity contribution in [2.24, 2.45) is 0 Å². The highest BCUT2D eigenvalue weighted by atomic mass is 35.5. The third-order valence-electron chi connectivity index (χ3n) is 5.10. The number of benzene rings is 3. The number of carbonyl (C=O) groups is 2. The Bertz CT molecular complexity index is 1190. The van der Waals surface area contributed by atoms with Gasteiger partial charge in [0.15, 0.2) is 11.5 Å². The van der Waals surface area contributed by atoms with Crippen LogP contribution in [0.4, 0.5) is 10.1 Å². The highest BCUT2D eigenvalue weighted by molar-refractivity contribution is 7.99.